The Morgan fingerprint density at radius 1 is 0.338 bits per heavy atom. The maximum Gasteiger partial charge on any atom is 1.00 e. The van der Waals surface area contributed by atoms with Gasteiger partial charge < -0.3 is 33.1 Å². The van der Waals surface area contributed by atoms with Gasteiger partial charge in [-0.1, -0.05) is 184 Å². The third kappa shape index (κ3) is 20.5. The number of rotatable bonds is 15. The number of nitrogens with zero attached hydrogens (tertiary/aromatic N) is 12. The molecule has 8 heterocycles. The van der Waals surface area contributed by atoms with Gasteiger partial charge in [0.15, 0.2) is 29.7 Å². The van der Waals surface area contributed by atoms with Crippen LogP contribution in [0.4, 0.5) is 0 Å². The molecule has 0 amide bonds. The van der Waals surface area contributed by atoms with Crippen LogP contribution in [0, 0.1) is 0 Å². The van der Waals surface area contributed by atoms with E-state index in [0.717, 1.165) is 201 Å². The van der Waals surface area contributed by atoms with Crippen molar-refractivity contribution in [1.29, 1.82) is 0 Å². The van der Waals surface area contributed by atoms with E-state index in [1.165, 1.54) is 12.1 Å². The van der Waals surface area contributed by atoms with Crippen LogP contribution in [0.1, 0.15) is 171 Å². The Bertz CT molecular complexity index is 7130. The molecule has 4 aliphatic carbocycles. The number of hydrogen-bond donors (Lipinski definition) is 4. The molecule has 0 unspecified atom stereocenters. The number of halogens is 1. The second-order valence-corrected chi connectivity index (χ2v) is 39.0. The second-order valence-electron chi connectivity index (χ2n) is 33.9. The molecule has 0 bridgehead atoms. The quantitative estimate of drug-likeness (QED) is 0.0243. The molecule has 8 aromatic carbocycles. The molecule has 8 atom stereocenters. The molecule has 16 aromatic rings. The van der Waals surface area contributed by atoms with Crippen molar-refractivity contribution in [2.24, 2.45) is 0 Å². The van der Waals surface area contributed by atoms with Crippen LogP contribution in [0.25, 0.3) is 86.7 Å². The average molecular weight is 1850 g/mol. The molecule has 4 fully saturated rings. The van der Waals surface area contributed by atoms with Crippen LogP contribution in [0.5, 0.6) is 0 Å². The molecular weight excluding hydrogens is 1750 g/mol. The van der Waals surface area contributed by atoms with Gasteiger partial charge in [0.2, 0.25) is 0 Å². The van der Waals surface area contributed by atoms with E-state index in [1.54, 1.807) is 98.4 Å². The number of thioether (sulfide) groups is 1. The van der Waals surface area contributed by atoms with Gasteiger partial charge in [-0.05, 0) is 198 Å². The van der Waals surface area contributed by atoms with Crippen molar-refractivity contribution in [2.75, 3.05) is 25.0 Å². The summed E-state index contributed by atoms with van der Waals surface area (Å²) in [6.07, 6.45) is 33.2. The van der Waals surface area contributed by atoms with Gasteiger partial charge in [0.25, 0.3) is 22.2 Å². The number of aromatic nitrogens is 12. The second kappa shape index (κ2) is 41.6. The zero-order valence-corrected chi connectivity index (χ0v) is 79.0. The minimum absolute atomic E-state index is 0. The molecule has 0 radical (unpaired) electrons. The molecule has 4 aliphatic rings. The van der Waals surface area contributed by atoms with Crippen molar-refractivity contribution in [3.8, 4) is 0 Å². The van der Waals surface area contributed by atoms with Crippen molar-refractivity contribution in [3.05, 3.63) is 311 Å². The van der Waals surface area contributed by atoms with Gasteiger partial charge in [-0.3, -0.25) is 37.4 Å². The number of pyridine rings is 4. The predicted molar refractivity (Wildman–Crippen MR) is 513 cm³/mol. The molecule has 4 N–H and O–H groups in total. The van der Waals surface area contributed by atoms with Crippen molar-refractivity contribution in [3.63, 3.8) is 0 Å². The Kier molecular flexibility index (Phi) is 30.2. The van der Waals surface area contributed by atoms with E-state index in [0.29, 0.717) is 81.8 Å². The van der Waals surface area contributed by atoms with Crippen LogP contribution >= 0.6 is 23.4 Å². The number of hydrogen-bond acceptors (Lipinski definition) is 22. The fourth-order valence-electron chi connectivity index (χ4n) is 18.9. The van der Waals surface area contributed by atoms with Crippen LogP contribution in [0.3, 0.4) is 0 Å². The Labute approximate surface area is 789 Å². The van der Waals surface area contributed by atoms with Crippen LogP contribution in [0.2, 0.25) is 5.15 Å². The molecule has 8 aromatic heterocycles. The van der Waals surface area contributed by atoms with Crippen LogP contribution in [-0.2, 0) is 58.0 Å². The maximum atomic E-state index is 13.5. The molecule has 0 saturated heterocycles. The molecule has 0 aliphatic heterocycles. The fourth-order valence-corrected chi connectivity index (χ4v) is 20.5. The Morgan fingerprint density at radius 2 is 0.585 bits per heavy atom. The summed E-state index contributed by atoms with van der Waals surface area (Å²) in [5.41, 5.74) is 10.1. The van der Waals surface area contributed by atoms with Crippen LogP contribution in [-0.4, -0.2) is 145 Å². The van der Waals surface area contributed by atoms with E-state index in [9.17, 15) is 56.4 Å². The zero-order valence-electron chi connectivity index (χ0n) is 73.0. The summed E-state index contributed by atoms with van der Waals surface area (Å²) in [6.45, 7) is 0. The third-order valence-electron chi connectivity index (χ3n) is 25.4. The van der Waals surface area contributed by atoms with Crippen molar-refractivity contribution in [1.82, 2.24) is 58.1 Å². The summed E-state index contributed by atoms with van der Waals surface area (Å²) < 4.78 is 53.4. The first kappa shape index (κ1) is 94.3. The Morgan fingerprint density at radius 3 is 0.808 bits per heavy atom. The monoisotopic (exact) mass is 1850 g/mol. The summed E-state index contributed by atoms with van der Waals surface area (Å²) in [5, 5.41) is 53.5. The summed E-state index contributed by atoms with van der Waals surface area (Å²) >= 11 is 11.6. The van der Waals surface area contributed by atoms with Gasteiger partial charge in [0.05, 0.1) is 123 Å². The summed E-state index contributed by atoms with van der Waals surface area (Å²) in [4.78, 5) is 89.5. The number of sulfone groups is 2. The molecular formula is C100H100ClN12NaO12S4. The van der Waals surface area contributed by atoms with Crippen LogP contribution < -0.4 is 51.8 Å². The molecule has 30 heteroatoms. The van der Waals surface area contributed by atoms with Gasteiger partial charge in [-0.15, -0.1) is 11.8 Å². The SMILES string of the molecule is CS(=O)(=O)c1ccc(Cc2cc3c(=O)n([C@H]4CCCC[C@@H]4O)cnc3c3ccccc23)cn1.CS(=O)(=O)c1ccc(Cc2cc3c(=O)n([C@H]4CCCC[C@@H]4O)cnc3c3ccccc23)cn1.CSc1ccc(Cc2cc3c(=O)n([C@H]4CCCC[C@@H]4O)cnc3c3ccccc23)cn1.C[S-].O=c1c2cc(Cc3ccc(Cl)nc3)c3ccccc3c2ncn1[C@H]1CCCC[C@@H]1O.[Na+]. The minimum atomic E-state index is -3.37. The maximum absolute atomic E-state index is 13.5. The minimum Gasteiger partial charge on any atom is -0.796 e. The Hall–Kier alpha value is -10.3. The number of benzene rings is 8. The van der Waals surface area contributed by atoms with Crippen LogP contribution in [0.15, 0.2) is 254 Å². The third-order valence-corrected chi connectivity index (χ3v) is 28.3. The van der Waals surface area contributed by atoms with Gasteiger partial charge in [0, 0.05) is 58.8 Å². The topological polar surface area (TPSA) is 340 Å². The predicted octanol–water partition coefficient (Wildman–Crippen LogP) is 13.4. The van der Waals surface area contributed by atoms with Crippen molar-refractivity contribution in [2.45, 2.75) is 192 Å². The number of aliphatic hydroxyl groups excluding tert-OH is 4. The van der Waals surface area contributed by atoms with Crippen molar-refractivity contribution >= 4 is 142 Å². The molecule has 20 rings (SSSR count). The normalized spacial score (nSPS) is 18.8. The van der Waals surface area contributed by atoms with E-state index < -0.39 is 44.1 Å². The molecule has 4 saturated carbocycles. The smallest absolute Gasteiger partial charge is 0.796 e. The van der Waals surface area contributed by atoms with E-state index >= 15 is 0 Å². The first-order chi connectivity index (χ1) is 62.4. The molecule has 130 heavy (non-hydrogen) atoms. The van der Waals surface area contributed by atoms with Gasteiger partial charge in [0.1, 0.15) is 5.15 Å². The summed E-state index contributed by atoms with van der Waals surface area (Å²) in [6, 6.07) is 53.0. The van der Waals surface area contributed by atoms with Crippen molar-refractivity contribution < 1.29 is 66.8 Å². The van der Waals surface area contributed by atoms with E-state index in [-0.39, 0.29) is 86.0 Å². The first-order valence-corrected chi connectivity index (χ1v) is 49.8. The largest absolute Gasteiger partial charge is 1.00 e. The van der Waals surface area contributed by atoms with E-state index in [2.05, 4.69) is 70.7 Å². The summed E-state index contributed by atoms with van der Waals surface area (Å²) in [7, 11) is -6.73. The average Bonchev–Trinajstić information content (AvgIpc) is 0.763. The summed E-state index contributed by atoms with van der Waals surface area (Å²) in [5.74, 6) is 0. The molecule has 664 valence electrons. The first-order valence-electron chi connectivity index (χ1n) is 43.6. The molecule has 24 nitrogen and oxygen atoms in total. The number of fused-ring (bicyclic) bond motifs is 12. The number of aliphatic hydroxyl groups is 4. The molecule has 0 spiro atoms. The fraction of sp³-hybridized carbons (Fsp3) is 0.320. The van der Waals surface area contributed by atoms with E-state index in [4.69, 9.17) is 11.6 Å². The van der Waals surface area contributed by atoms with E-state index in [1.807, 2.05) is 134 Å². The zero-order chi connectivity index (χ0) is 90.4. The standard InChI is InChI=1S/2C25H25N3O4S.C25H25N3O2S.C24H22ClN3O2.CH4S.Na/c2*1-33(31,32)23-11-10-16(14-26-23)12-17-13-20-24(19-7-3-2-6-18(17)19)27-15-28(25(20)30)21-8-4-5-9-22(21)29;1-31-23-11-10-16(14-26-23)12-17-13-20-24(19-7-3-2-6-18(17)19)27-15-28(25(20)30)21-8-4-5-9-22(21)29;25-22-10-9-15(13-26-22)11-16-12-19-23(18-6-2-1-5-17(16)18)27-14-28(24(19)30)20-7-3-4-8-21(20)29;1-2;/h2*2-3,6-7,10-11,13-15,21-22,29H,4-5,8-9,12H2,1H3;2-3,6-7,10-11,13-15,21-22,29H,4-5,8-9,12H2,1H3;1-2,5-6,9-10,12-14,20-21,29H,3-4,7-8,11H2;2H,1H3;/q;;;;;+1/p-1/t3*21-,22-;20-,21-;;/m0000../s1. The Balaban J connectivity index is 0.000000132. The van der Waals surface area contributed by atoms with Gasteiger partial charge >= 0.3 is 29.6 Å². The van der Waals surface area contributed by atoms with Gasteiger partial charge in [-0.2, -0.15) is 6.26 Å². The van der Waals surface area contributed by atoms with Gasteiger partial charge in [-0.25, -0.2) is 56.7 Å².